The lowest BCUT2D eigenvalue weighted by Crippen LogP contribution is -2.19. The molecule has 19 heavy (non-hydrogen) atoms. The van der Waals surface area contributed by atoms with Crippen molar-refractivity contribution in [2.24, 2.45) is 0 Å². The smallest absolute Gasteiger partial charge is 0.307 e. The second kappa shape index (κ2) is 3.99. The van der Waals surface area contributed by atoms with Crippen LogP contribution >= 0.6 is 0 Å². The molecule has 1 aliphatic heterocycles. The lowest BCUT2D eigenvalue weighted by molar-refractivity contribution is -0.137. The van der Waals surface area contributed by atoms with Gasteiger partial charge in [-0.1, -0.05) is 0 Å². The Labute approximate surface area is 105 Å². The van der Waals surface area contributed by atoms with E-state index < -0.39 is 11.7 Å². The van der Waals surface area contributed by atoms with Gasteiger partial charge >= 0.3 is 6.18 Å². The highest BCUT2D eigenvalue weighted by Crippen LogP contribution is 2.29. The van der Waals surface area contributed by atoms with Crippen molar-refractivity contribution in [3.05, 3.63) is 51.4 Å². The van der Waals surface area contributed by atoms with E-state index >= 15 is 0 Å². The number of nitrogens with one attached hydrogen (secondary N) is 2. The summed E-state index contributed by atoms with van der Waals surface area (Å²) in [6.07, 6.45) is -4.37. The molecular formula is C12H10F3N3O. The first-order valence-corrected chi connectivity index (χ1v) is 5.68. The number of hydrogen-bond acceptors (Lipinski definition) is 2. The largest absolute Gasteiger partial charge is 0.416 e. The van der Waals surface area contributed by atoms with E-state index in [-0.39, 0.29) is 5.56 Å². The van der Waals surface area contributed by atoms with Crippen molar-refractivity contribution in [2.75, 3.05) is 0 Å². The number of nitrogens with zero attached hydrogens (tertiary/aromatic N) is 1. The topological polar surface area (TPSA) is 49.8 Å². The van der Waals surface area contributed by atoms with Gasteiger partial charge in [-0.05, 0) is 24.3 Å². The number of fused-ring (bicyclic) bond motifs is 1. The highest BCUT2D eigenvalue weighted by molar-refractivity contribution is 5.37. The predicted octanol–water partition coefficient (Wildman–Crippen LogP) is 1.79. The number of halogens is 3. The van der Waals surface area contributed by atoms with E-state index in [9.17, 15) is 18.0 Å². The molecule has 1 aliphatic rings. The minimum atomic E-state index is -4.37. The molecule has 0 bridgehead atoms. The molecule has 0 amide bonds. The van der Waals surface area contributed by atoms with E-state index in [2.05, 4.69) is 10.4 Å². The lowest BCUT2D eigenvalue weighted by atomic mass is 10.2. The third kappa shape index (κ3) is 1.95. The molecule has 0 saturated heterocycles. The summed E-state index contributed by atoms with van der Waals surface area (Å²) in [7, 11) is 0. The van der Waals surface area contributed by atoms with Crippen LogP contribution in [0.15, 0.2) is 29.1 Å². The molecule has 4 nitrogen and oxygen atoms in total. The Morgan fingerprint density at radius 3 is 2.37 bits per heavy atom. The number of alkyl halides is 3. The Morgan fingerprint density at radius 2 is 1.79 bits per heavy atom. The molecule has 0 spiro atoms. The minimum absolute atomic E-state index is 0.222. The molecule has 100 valence electrons. The minimum Gasteiger partial charge on any atom is -0.307 e. The second-order valence-corrected chi connectivity index (χ2v) is 4.36. The number of rotatable bonds is 1. The molecule has 3 rings (SSSR count). The standard InChI is InChI=1S/C12H10F3N3O/c13-12(14,15)7-1-3-8(4-2-7)18-11(19)9-5-16-6-10(9)17-18/h1-4,16-17H,5-6H2. The van der Waals surface area contributed by atoms with Gasteiger partial charge in [0.05, 0.1) is 22.5 Å². The molecule has 0 atom stereocenters. The molecule has 0 radical (unpaired) electrons. The van der Waals surface area contributed by atoms with Crippen molar-refractivity contribution in [3.8, 4) is 5.69 Å². The van der Waals surface area contributed by atoms with Crippen LogP contribution in [-0.4, -0.2) is 9.78 Å². The monoisotopic (exact) mass is 269 g/mol. The van der Waals surface area contributed by atoms with E-state index in [1.54, 1.807) is 0 Å². The van der Waals surface area contributed by atoms with Crippen molar-refractivity contribution in [2.45, 2.75) is 19.3 Å². The fourth-order valence-electron chi connectivity index (χ4n) is 2.14. The van der Waals surface area contributed by atoms with Crippen LogP contribution in [0.1, 0.15) is 16.8 Å². The zero-order valence-corrected chi connectivity index (χ0v) is 9.71. The second-order valence-electron chi connectivity index (χ2n) is 4.36. The predicted molar refractivity (Wildman–Crippen MR) is 61.9 cm³/mol. The maximum atomic E-state index is 12.4. The fraction of sp³-hybridized carbons (Fsp3) is 0.250. The molecular weight excluding hydrogens is 259 g/mol. The van der Waals surface area contributed by atoms with Crippen LogP contribution < -0.4 is 10.9 Å². The van der Waals surface area contributed by atoms with Crippen LogP contribution in [0.2, 0.25) is 0 Å². The molecule has 1 aromatic heterocycles. The van der Waals surface area contributed by atoms with Crippen LogP contribution in [0.3, 0.4) is 0 Å². The van der Waals surface area contributed by atoms with Crippen molar-refractivity contribution in [1.29, 1.82) is 0 Å². The lowest BCUT2D eigenvalue weighted by Gasteiger charge is -2.08. The molecule has 0 unspecified atom stereocenters. The Hall–Kier alpha value is -2.02. The molecule has 0 fully saturated rings. The zero-order valence-electron chi connectivity index (χ0n) is 9.71. The average molecular weight is 269 g/mol. The number of benzene rings is 1. The summed E-state index contributed by atoms with van der Waals surface area (Å²) in [5.41, 5.74) is 0.863. The summed E-state index contributed by atoms with van der Waals surface area (Å²) in [6.45, 7) is 1.05. The molecule has 0 saturated carbocycles. The van der Waals surface area contributed by atoms with Crippen molar-refractivity contribution >= 4 is 0 Å². The van der Waals surface area contributed by atoms with Gasteiger partial charge in [-0.3, -0.25) is 9.89 Å². The number of aromatic nitrogens is 2. The van der Waals surface area contributed by atoms with Gasteiger partial charge in [0.1, 0.15) is 0 Å². The molecule has 2 N–H and O–H groups in total. The van der Waals surface area contributed by atoms with Gasteiger partial charge in [-0.15, -0.1) is 0 Å². The van der Waals surface area contributed by atoms with Crippen LogP contribution in [0.4, 0.5) is 13.2 Å². The van der Waals surface area contributed by atoms with Crippen LogP contribution in [0.5, 0.6) is 0 Å². The molecule has 7 heteroatoms. The first kappa shape index (κ1) is 12.0. The zero-order chi connectivity index (χ0) is 13.6. The molecule has 2 heterocycles. The Kier molecular flexibility index (Phi) is 2.53. The Balaban J connectivity index is 2.02. The Bertz CT molecular complexity index is 667. The first-order chi connectivity index (χ1) is 8.97. The van der Waals surface area contributed by atoms with E-state index in [1.807, 2.05) is 0 Å². The van der Waals surface area contributed by atoms with Crippen molar-refractivity contribution in [1.82, 2.24) is 15.1 Å². The number of H-pyrrole nitrogens is 1. The van der Waals surface area contributed by atoms with E-state index in [0.29, 0.717) is 24.3 Å². The summed E-state index contributed by atoms with van der Waals surface area (Å²) in [6, 6.07) is 4.49. The Morgan fingerprint density at radius 1 is 1.11 bits per heavy atom. The van der Waals surface area contributed by atoms with Gasteiger partial charge in [-0.25, -0.2) is 4.68 Å². The summed E-state index contributed by atoms with van der Waals surface area (Å²) in [5, 5.41) is 5.92. The van der Waals surface area contributed by atoms with E-state index in [4.69, 9.17) is 0 Å². The molecule has 0 aliphatic carbocycles. The number of hydrogen-bond donors (Lipinski definition) is 2. The molecule has 1 aromatic carbocycles. The third-order valence-electron chi connectivity index (χ3n) is 3.13. The maximum absolute atomic E-state index is 12.4. The van der Waals surface area contributed by atoms with Gasteiger partial charge in [0.25, 0.3) is 5.56 Å². The maximum Gasteiger partial charge on any atom is 0.416 e. The van der Waals surface area contributed by atoms with E-state index in [0.717, 1.165) is 17.8 Å². The van der Waals surface area contributed by atoms with Gasteiger partial charge in [0.15, 0.2) is 0 Å². The van der Waals surface area contributed by atoms with Gasteiger partial charge in [0, 0.05) is 13.1 Å². The highest BCUT2D eigenvalue weighted by Gasteiger charge is 2.30. The first-order valence-electron chi connectivity index (χ1n) is 5.68. The quantitative estimate of drug-likeness (QED) is 0.829. The van der Waals surface area contributed by atoms with Crippen LogP contribution in [0, 0.1) is 0 Å². The number of aromatic amines is 1. The van der Waals surface area contributed by atoms with E-state index in [1.165, 1.54) is 16.8 Å². The van der Waals surface area contributed by atoms with Crippen LogP contribution in [0.25, 0.3) is 5.69 Å². The SMILES string of the molecule is O=c1c2c([nH]n1-c1ccc(C(F)(F)F)cc1)CNC2. The average Bonchev–Trinajstić information content (AvgIpc) is 2.92. The van der Waals surface area contributed by atoms with Crippen LogP contribution in [-0.2, 0) is 19.3 Å². The van der Waals surface area contributed by atoms with Gasteiger partial charge in [0.2, 0.25) is 0 Å². The van der Waals surface area contributed by atoms with Gasteiger partial charge < -0.3 is 5.32 Å². The summed E-state index contributed by atoms with van der Waals surface area (Å²) < 4.78 is 38.6. The van der Waals surface area contributed by atoms with Crippen molar-refractivity contribution in [3.63, 3.8) is 0 Å². The fourth-order valence-corrected chi connectivity index (χ4v) is 2.14. The van der Waals surface area contributed by atoms with Crippen molar-refractivity contribution < 1.29 is 13.2 Å². The normalized spacial score (nSPS) is 14.7. The summed E-state index contributed by atoms with van der Waals surface area (Å²) in [5.74, 6) is 0. The molecule has 2 aromatic rings. The highest BCUT2D eigenvalue weighted by atomic mass is 19.4. The summed E-state index contributed by atoms with van der Waals surface area (Å²) >= 11 is 0. The van der Waals surface area contributed by atoms with Gasteiger partial charge in [-0.2, -0.15) is 13.2 Å². The summed E-state index contributed by atoms with van der Waals surface area (Å²) in [4.78, 5) is 12.0. The third-order valence-corrected chi connectivity index (χ3v) is 3.13.